The first-order valence-electron chi connectivity index (χ1n) is 12.7. The Bertz CT molecular complexity index is 1530. The predicted molar refractivity (Wildman–Crippen MR) is 159 cm³/mol. The molecule has 1 aliphatic carbocycles. The number of ketones is 1. The molecule has 5 rings (SSSR count). The summed E-state index contributed by atoms with van der Waals surface area (Å²) in [4.78, 5) is 27.0. The quantitative estimate of drug-likeness (QED) is 0.207. The first kappa shape index (κ1) is 27.3. The van der Waals surface area contributed by atoms with Crippen LogP contribution in [0.25, 0.3) is 5.70 Å². The third-order valence-corrected chi connectivity index (χ3v) is 7.76. The Morgan fingerprint density at radius 2 is 1.72 bits per heavy atom. The van der Waals surface area contributed by atoms with E-state index < -0.39 is 11.9 Å². The summed E-state index contributed by atoms with van der Waals surface area (Å²) in [7, 11) is 0. The minimum Gasteiger partial charge on any atom is -0.490 e. The summed E-state index contributed by atoms with van der Waals surface area (Å²) in [5, 5.41) is 3.99. The van der Waals surface area contributed by atoms with Gasteiger partial charge in [-0.25, -0.2) is 4.79 Å². The number of esters is 1. The number of hydrogen-bond acceptors (Lipinski definition) is 6. The topological polar surface area (TPSA) is 73.9 Å². The van der Waals surface area contributed by atoms with Crippen LogP contribution in [0.1, 0.15) is 53.7 Å². The van der Waals surface area contributed by atoms with Gasteiger partial charge in [-0.2, -0.15) is 0 Å². The second-order valence-electron chi connectivity index (χ2n) is 9.16. The average Bonchev–Trinajstić information content (AvgIpc) is 3.20. The molecule has 1 atom stereocenters. The van der Waals surface area contributed by atoms with Crippen molar-refractivity contribution in [1.82, 2.24) is 5.32 Å². The van der Waals surface area contributed by atoms with Crippen LogP contribution in [0.5, 0.6) is 11.5 Å². The van der Waals surface area contributed by atoms with Gasteiger partial charge in [-0.15, -0.1) is 0 Å². The van der Waals surface area contributed by atoms with E-state index in [1.807, 2.05) is 74.5 Å². The number of nitrogens with one attached hydrogen (secondary N) is 1. The number of benzene rings is 3. The first-order chi connectivity index (χ1) is 18.8. The van der Waals surface area contributed by atoms with Crippen LogP contribution >= 0.6 is 34.2 Å². The molecular weight excluding hydrogens is 629 g/mol. The van der Waals surface area contributed by atoms with Gasteiger partial charge in [0.05, 0.1) is 28.1 Å². The standard InChI is InChI=1S/C31H27ClINO5/c1-4-37-24-15-19(14-23(33)30(24)39-16-18-10-12-20(32)13-11-18)26-25(31(36)38-5-2)17(3)34-28-21-8-6-7-9-22(21)29(35)27(26)28/h6-15,26,34H,4-5,16H2,1-3H3/t26-/m0/s1. The summed E-state index contributed by atoms with van der Waals surface area (Å²) in [5.41, 5.74) is 5.46. The maximum atomic E-state index is 13.8. The van der Waals surface area contributed by atoms with Gasteiger partial charge in [0.1, 0.15) is 6.61 Å². The Morgan fingerprint density at radius 1 is 1.00 bits per heavy atom. The second kappa shape index (κ2) is 11.4. The molecule has 0 amide bonds. The van der Waals surface area contributed by atoms with Crippen molar-refractivity contribution in [2.75, 3.05) is 13.2 Å². The van der Waals surface area contributed by atoms with Gasteiger partial charge in [0.2, 0.25) is 0 Å². The number of hydrogen-bond donors (Lipinski definition) is 1. The summed E-state index contributed by atoms with van der Waals surface area (Å²) in [6.07, 6.45) is 0. The Morgan fingerprint density at radius 3 is 2.41 bits per heavy atom. The van der Waals surface area contributed by atoms with Crippen LogP contribution in [0.2, 0.25) is 5.02 Å². The first-order valence-corrected chi connectivity index (χ1v) is 14.2. The fourth-order valence-electron chi connectivity index (χ4n) is 5.04. The number of carbonyl (C=O) groups excluding carboxylic acids is 2. The van der Waals surface area contributed by atoms with Crippen molar-refractivity contribution >= 4 is 51.6 Å². The molecule has 0 saturated heterocycles. The van der Waals surface area contributed by atoms with E-state index in [0.717, 1.165) is 26.0 Å². The smallest absolute Gasteiger partial charge is 0.336 e. The highest BCUT2D eigenvalue weighted by Gasteiger charge is 2.43. The highest BCUT2D eigenvalue weighted by Crippen LogP contribution is 2.48. The average molecular weight is 656 g/mol. The number of carbonyl (C=O) groups is 2. The molecular formula is C31H27ClINO5. The Balaban J connectivity index is 1.61. The lowest BCUT2D eigenvalue weighted by Crippen LogP contribution is -2.29. The zero-order chi connectivity index (χ0) is 27.7. The van der Waals surface area contributed by atoms with E-state index in [2.05, 4.69) is 27.9 Å². The minimum absolute atomic E-state index is 0.108. The molecule has 0 aromatic heterocycles. The van der Waals surface area contributed by atoms with Crippen LogP contribution in [0.15, 0.2) is 77.5 Å². The van der Waals surface area contributed by atoms with Gasteiger partial charge in [-0.05, 0) is 78.8 Å². The summed E-state index contributed by atoms with van der Waals surface area (Å²) in [6, 6.07) is 18.8. The van der Waals surface area contributed by atoms with Gasteiger partial charge in [0.15, 0.2) is 17.3 Å². The van der Waals surface area contributed by atoms with Gasteiger partial charge in [0, 0.05) is 33.3 Å². The monoisotopic (exact) mass is 655 g/mol. The molecule has 0 spiro atoms. The van der Waals surface area contributed by atoms with Crippen LogP contribution in [0, 0.1) is 3.57 Å². The molecule has 39 heavy (non-hydrogen) atoms. The third-order valence-electron chi connectivity index (χ3n) is 6.71. The third kappa shape index (κ3) is 5.17. The van der Waals surface area contributed by atoms with Crippen molar-refractivity contribution in [3.05, 3.63) is 108 Å². The molecule has 1 N–H and O–H groups in total. The van der Waals surface area contributed by atoms with E-state index in [0.29, 0.717) is 52.1 Å². The molecule has 0 radical (unpaired) electrons. The summed E-state index contributed by atoms with van der Waals surface area (Å²) < 4.78 is 18.5. The van der Waals surface area contributed by atoms with Crippen LogP contribution in [-0.2, 0) is 16.1 Å². The van der Waals surface area contributed by atoms with Gasteiger partial charge >= 0.3 is 5.97 Å². The fraction of sp³-hybridized carbons (Fsp3) is 0.226. The van der Waals surface area contributed by atoms with E-state index in [-0.39, 0.29) is 12.4 Å². The van der Waals surface area contributed by atoms with E-state index in [1.54, 1.807) is 6.92 Å². The zero-order valence-electron chi connectivity index (χ0n) is 21.8. The second-order valence-corrected chi connectivity index (χ2v) is 10.8. The van der Waals surface area contributed by atoms with Crippen molar-refractivity contribution in [3.8, 4) is 11.5 Å². The Labute approximate surface area is 246 Å². The van der Waals surface area contributed by atoms with Crippen LogP contribution < -0.4 is 14.8 Å². The largest absolute Gasteiger partial charge is 0.490 e. The molecule has 8 heteroatoms. The zero-order valence-corrected chi connectivity index (χ0v) is 24.7. The van der Waals surface area contributed by atoms with Gasteiger partial charge in [-0.1, -0.05) is 48.0 Å². The Kier molecular flexibility index (Phi) is 8.00. The summed E-state index contributed by atoms with van der Waals surface area (Å²) in [6.45, 7) is 6.48. The highest BCUT2D eigenvalue weighted by atomic mass is 127. The normalized spacial score (nSPS) is 16.0. The molecule has 3 aromatic carbocycles. The van der Waals surface area contributed by atoms with Crippen LogP contribution in [0.3, 0.4) is 0 Å². The number of allylic oxidation sites excluding steroid dienone is 2. The molecule has 0 fully saturated rings. The number of dihydropyridines is 1. The maximum Gasteiger partial charge on any atom is 0.336 e. The lowest BCUT2D eigenvalue weighted by atomic mass is 9.79. The molecule has 0 unspecified atom stereocenters. The SMILES string of the molecule is CCOC(=O)C1=C(C)NC2=C(C(=O)c3ccccc32)[C@H]1c1cc(I)c(OCc2ccc(Cl)cc2)c(OCC)c1. The molecule has 200 valence electrons. The fourth-order valence-corrected chi connectivity index (χ4v) is 5.94. The molecule has 6 nitrogen and oxygen atoms in total. The van der Waals surface area contributed by atoms with Crippen molar-refractivity contribution in [2.24, 2.45) is 0 Å². The van der Waals surface area contributed by atoms with E-state index in [1.165, 1.54) is 0 Å². The van der Waals surface area contributed by atoms with Crippen molar-refractivity contribution < 1.29 is 23.8 Å². The van der Waals surface area contributed by atoms with E-state index >= 15 is 0 Å². The number of rotatable bonds is 8. The van der Waals surface area contributed by atoms with Crippen LogP contribution in [-0.4, -0.2) is 25.0 Å². The van der Waals surface area contributed by atoms with Crippen molar-refractivity contribution in [1.29, 1.82) is 0 Å². The Hall–Kier alpha value is -3.30. The molecule has 0 bridgehead atoms. The van der Waals surface area contributed by atoms with Gasteiger partial charge in [0.25, 0.3) is 0 Å². The molecule has 3 aromatic rings. The molecule has 1 heterocycles. The van der Waals surface area contributed by atoms with E-state index in [9.17, 15) is 9.59 Å². The predicted octanol–water partition coefficient (Wildman–Crippen LogP) is 7.05. The molecule has 0 saturated carbocycles. The molecule has 1 aliphatic heterocycles. The number of halogens is 2. The maximum absolute atomic E-state index is 13.8. The number of Topliss-reactive ketones (excluding diaryl/α,β-unsaturated/α-hetero) is 1. The minimum atomic E-state index is -0.641. The van der Waals surface area contributed by atoms with Crippen molar-refractivity contribution in [3.63, 3.8) is 0 Å². The van der Waals surface area contributed by atoms with Crippen molar-refractivity contribution in [2.45, 2.75) is 33.3 Å². The number of fused-ring (bicyclic) bond motifs is 2. The van der Waals surface area contributed by atoms with Gasteiger partial charge in [-0.3, -0.25) is 4.79 Å². The lowest BCUT2D eigenvalue weighted by molar-refractivity contribution is -0.138. The summed E-state index contributed by atoms with van der Waals surface area (Å²) in [5.74, 6) is -0.0721. The summed E-state index contributed by atoms with van der Waals surface area (Å²) >= 11 is 8.24. The number of ether oxygens (including phenoxy) is 3. The van der Waals surface area contributed by atoms with E-state index in [4.69, 9.17) is 25.8 Å². The molecule has 2 aliphatic rings. The van der Waals surface area contributed by atoms with Crippen LogP contribution in [0.4, 0.5) is 0 Å². The lowest BCUT2D eigenvalue weighted by Gasteiger charge is -2.30. The highest BCUT2D eigenvalue weighted by molar-refractivity contribution is 14.1. The van der Waals surface area contributed by atoms with Gasteiger partial charge < -0.3 is 19.5 Å².